The number of hydrogen-bond donors (Lipinski definition) is 1. The summed E-state index contributed by atoms with van der Waals surface area (Å²) in [6.07, 6.45) is 0.762. The summed E-state index contributed by atoms with van der Waals surface area (Å²) in [5.41, 5.74) is 1.14. The van der Waals surface area contributed by atoms with Crippen LogP contribution in [0.4, 0.5) is 0 Å². The molecule has 1 atom stereocenters. The van der Waals surface area contributed by atoms with Gasteiger partial charge in [0.1, 0.15) is 0 Å². The van der Waals surface area contributed by atoms with Crippen LogP contribution in [0.25, 0.3) is 0 Å². The van der Waals surface area contributed by atoms with Crippen LogP contribution in [0.3, 0.4) is 0 Å². The monoisotopic (exact) mass is 272 g/mol. The number of methoxy groups -OCH3 is 1. The highest BCUT2D eigenvalue weighted by molar-refractivity contribution is 5.39. The molecule has 1 N–H and O–H groups in total. The van der Waals surface area contributed by atoms with Gasteiger partial charge in [0, 0.05) is 5.92 Å². The van der Waals surface area contributed by atoms with Crippen LogP contribution in [0.2, 0.25) is 0 Å². The lowest BCUT2D eigenvalue weighted by molar-refractivity contribution is 0.225. The third-order valence-corrected chi connectivity index (χ3v) is 3.28. The third kappa shape index (κ3) is 3.75. The lowest BCUT2D eigenvalue weighted by atomic mass is 9.97. The molecule has 0 saturated carbocycles. The van der Waals surface area contributed by atoms with Crippen LogP contribution in [0.15, 0.2) is 54.6 Å². The molecule has 0 heterocycles. The first kappa shape index (κ1) is 14.4. The van der Waals surface area contributed by atoms with E-state index in [0.717, 1.165) is 23.5 Å². The first-order valence-electron chi connectivity index (χ1n) is 6.76. The second-order valence-electron chi connectivity index (χ2n) is 4.58. The quantitative estimate of drug-likeness (QED) is 0.841. The van der Waals surface area contributed by atoms with Gasteiger partial charge in [-0.2, -0.15) is 0 Å². The molecule has 0 bridgehead atoms. The van der Waals surface area contributed by atoms with Gasteiger partial charge >= 0.3 is 0 Å². The molecular formula is C17H20O3. The van der Waals surface area contributed by atoms with Gasteiger partial charge in [0.05, 0.1) is 20.3 Å². The van der Waals surface area contributed by atoms with Gasteiger partial charge in [-0.15, -0.1) is 0 Å². The standard InChI is InChI=1S/C17H20O3/c1-19-16-9-5-6-10-17(16)20-12-11-15(13-18)14-7-3-2-4-8-14/h2-10,15,18H,11-13H2,1H3. The molecule has 0 radical (unpaired) electrons. The molecule has 2 aromatic rings. The van der Waals surface area contributed by atoms with E-state index in [4.69, 9.17) is 9.47 Å². The Morgan fingerprint density at radius 3 is 2.25 bits per heavy atom. The molecule has 0 aliphatic heterocycles. The fraction of sp³-hybridized carbons (Fsp3) is 0.294. The number of rotatable bonds is 7. The average Bonchev–Trinajstić information content (AvgIpc) is 2.53. The summed E-state index contributed by atoms with van der Waals surface area (Å²) in [7, 11) is 1.63. The Balaban J connectivity index is 1.91. The van der Waals surface area contributed by atoms with E-state index in [1.165, 1.54) is 0 Å². The summed E-state index contributed by atoms with van der Waals surface area (Å²) in [5, 5.41) is 9.50. The largest absolute Gasteiger partial charge is 0.493 e. The van der Waals surface area contributed by atoms with Crippen molar-refractivity contribution in [3.8, 4) is 11.5 Å². The number of hydrogen-bond acceptors (Lipinski definition) is 3. The molecule has 0 spiro atoms. The topological polar surface area (TPSA) is 38.7 Å². The fourth-order valence-corrected chi connectivity index (χ4v) is 2.14. The van der Waals surface area contributed by atoms with Crippen molar-refractivity contribution in [2.75, 3.05) is 20.3 Å². The Morgan fingerprint density at radius 2 is 1.60 bits per heavy atom. The van der Waals surface area contributed by atoms with Gasteiger partial charge in [0.2, 0.25) is 0 Å². The van der Waals surface area contributed by atoms with Gasteiger partial charge in [-0.1, -0.05) is 42.5 Å². The Labute approximate surface area is 119 Å². The van der Waals surface area contributed by atoms with Crippen molar-refractivity contribution in [1.29, 1.82) is 0 Å². The van der Waals surface area contributed by atoms with E-state index in [1.54, 1.807) is 7.11 Å². The summed E-state index contributed by atoms with van der Waals surface area (Å²) in [6, 6.07) is 17.6. The first-order valence-corrected chi connectivity index (χ1v) is 6.76. The second-order valence-corrected chi connectivity index (χ2v) is 4.58. The van der Waals surface area contributed by atoms with Crippen LogP contribution >= 0.6 is 0 Å². The fourth-order valence-electron chi connectivity index (χ4n) is 2.14. The van der Waals surface area contributed by atoms with Gasteiger partial charge < -0.3 is 14.6 Å². The minimum Gasteiger partial charge on any atom is -0.493 e. The highest BCUT2D eigenvalue weighted by Crippen LogP contribution is 2.27. The van der Waals surface area contributed by atoms with Gasteiger partial charge in [-0.25, -0.2) is 0 Å². The molecule has 0 aliphatic rings. The maximum absolute atomic E-state index is 9.50. The minimum atomic E-state index is 0.103. The average molecular weight is 272 g/mol. The second kappa shape index (κ2) is 7.56. The van der Waals surface area contributed by atoms with Crippen LogP contribution in [0.5, 0.6) is 11.5 Å². The van der Waals surface area contributed by atoms with Crippen molar-refractivity contribution in [1.82, 2.24) is 0 Å². The molecule has 0 saturated heterocycles. The number of para-hydroxylation sites is 2. The van der Waals surface area contributed by atoms with Crippen LogP contribution in [0, 0.1) is 0 Å². The summed E-state index contributed by atoms with van der Waals surface area (Å²) in [5.74, 6) is 1.57. The minimum absolute atomic E-state index is 0.103. The number of ether oxygens (including phenoxy) is 2. The SMILES string of the molecule is COc1ccccc1OCCC(CO)c1ccccc1. The Hall–Kier alpha value is -2.00. The van der Waals surface area contributed by atoms with E-state index in [9.17, 15) is 5.11 Å². The summed E-state index contributed by atoms with van der Waals surface area (Å²) >= 11 is 0. The Bertz CT molecular complexity index is 511. The molecule has 2 aromatic carbocycles. The number of aliphatic hydroxyl groups excluding tert-OH is 1. The van der Waals surface area contributed by atoms with Crippen molar-refractivity contribution in [2.24, 2.45) is 0 Å². The summed E-state index contributed by atoms with van der Waals surface area (Å²) < 4.78 is 11.0. The van der Waals surface area contributed by atoms with Crippen LogP contribution in [0.1, 0.15) is 17.9 Å². The molecule has 1 unspecified atom stereocenters. The number of benzene rings is 2. The maximum Gasteiger partial charge on any atom is 0.161 e. The van der Waals surface area contributed by atoms with Gasteiger partial charge in [-0.3, -0.25) is 0 Å². The molecule has 20 heavy (non-hydrogen) atoms. The smallest absolute Gasteiger partial charge is 0.161 e. The van der Waals surface area contributed by atoms with Crippen molar-refractivity contribution in [3.05, 3.63) is 60.2 Å². The van der Waals surface area contributed by atoms with Crippen molar-refractivity contribution in [3.63, 3.8) is 0 Å². The lowest BCUT2D eigenvalue weighted by Crippen LogP contribution is -2.09. The molecule has 2 rings (SSSR count). The predicted octanol–water partition coefficient (Wildman–Crippen LogP) is 3.24. The lowest BCUT2D eigenvalue weighted by Gasteiger charge is -2.16. The molecule has 106 valence electrons. The van der Waals surface area contributed by atoms with Gasteiger partial charge in [0.15, 0.2) is 11.5 Å². The molecule has 3 heteroatoms. The van der Waals surface area contributed by atoms with E-state index in [2.05, 4.69) is 0 Å². The molecule has 0 fully saturated rings. The molecule has 0 amide bonds. The van der Waals surface area contributed by atoms with Crippen molar-refractivity contribution < 1.29 is 14.6 Å². The van der Waals surface area contributed by atoms with Crippen LogP contribution in [-0.2, 0) is 0 Å². The zero-order valence-corrected chi connectivity index (χ0v) is 11.7. The third-order valence-electron chi connectivity index (χ3n) is 3.28. The zero-order valence-electron chi connectivity index (χ0n) is 11.7. The zero-order chi connectivity index (χ0) is 14.2. The highest BCUT2D eigenvalue weighted by atomic mass is 16.5. The summed E-state index contributed by atoms with van der Waals surface area (Å²) in [6.45, 7) is 0.666. The molecule has 0 aromatic heterocycles. The predicted molar refractivity (Wildman–Crippen MR) is 79.4 cm³/mol. The van der Waals surface area contributed by atoms with Crippen molar-refractivity contribution in [2.45, 2.75) is 12.3 Å². The number of aliphatic hydroxyl groups is 1. The molecule has 0 aliphatic carbocycles. The van der Waals surface area contributed by atoms with Gasteiger partial charge in [0.25, 0.3) is 0 Å². The van der Waals surface area contributed by atoms with Crippen LogP contribution in [-0.4, -0.2) is 25.4 Å². The first-order chi connectivity index (χ1) is 9.85. The van der Waals surface area contributed by atoms with E-state index < -0.39 is 0 Å². The highest BCUT2D eigenvalue weighted by Gasteiger charge is 2.11. The maximum atomic E-state index is 9.50. The van der Waals surface area contributed by atoms with Crippen molar-refractivity contribution >= 4 is 0 Å². The van der Waals surface area contributed by atoms with Gasteiger partial charge in [-0.05, 0) is 24.1 Å². The Kier molecular flexibility index (Phi) is 5.44. The van der Waals surface area contributed by atoms with E-state index in [1.807, 2.05) is 54.6 Å². The summed E-state index contributed by atoms with van der Waals surface area (Å²) in [4.78, 5) is 0. The van der Waals surface area contributed by atoms with E-state index in [-0.39, 0.29) is 12.5 Å². The molecule has 3 nitrogen and oxygen atoms in total. The van der Waals surface area contributed by atoms with E-state index >= 15 is 0 Å². The normalized spacial score (nSPS) is 11.9. The van der Waals surface area contributed by atoms with E-state index in [0.29, 0.717) is 6.61 Å². The van der Waals surface area contributed by atoms with Crippen LogP contribution < -0.4 is 9.47 Å². The molecular weight excluding hydrogens is 252 g/mol. The Morgan fingerprint density at radius 1 is 0.950 bits per heavy atom.